The molecule has 1 amide bonds. The second kappa shape index (κ2) is 6.66. The highest BCUT2D eigenvalue weighted by atomic mass is 16.1. The fourth-order valence-corrected chi connectivity index (χ4v) is 2.82. The van der Waals surface area contributed by atoms with E-state index in [0.717, 1.165) is 28.3 Å². The van der Waals surface area contributed by atoms with Crippen LogP contribution in [-0.2, 0) is 6.42 Å². The van der Waals surface area contributed by atoms with Crippen molar-refractivity contribution < 1.29 is 4.79 Å². The van der Waals surface area contributed by atoms with Gasteiger partial charge in [0.2, 0.25) is 0 Å². The lowest BCUT2D eigenvalue weighted by Crippen LogP contribution is -2.26. The van der Waals surface area contributed by atoms with E-state index < -0.39 is 0 Å². The standard InChI is InChI=1S/C21H21NO/c1-3-16-11-13-17(14-12-16)15(2)22-21(23)20-10-6-8-18-7-4-5-9-19(18)20/h4-15H,3H2,1-2H3,(H,22,23). The van der Waals surface area contributed by atoms with E-state index >= 15 is 0 Å². The highest BCUT2D eigenvalue weighted by molar-refractivity contribution is 6.07. The second-order valence-corrected chi connectivity index (χ2v) is 5.82. The van der Waals surface area contributed by atoms with E-state index in [-0.39, 0.29) is 11.9 Å². The normalized spacial score (nSPS) is 12.1. The third-order valence-electron chi connectivity index (χ3n) is 4.27. The van der Waals surface area contributed by atoms with Crippen molar-refractivity contribution in [1.29, 1.82) is 0 Å². The van der Waals surface area contributed by atoms with Crippen molar-refractivity contribution >= 4 is 16.7 Å². The van der Waals surface area contributed by atoms with E-state index in [1.807, 2.05) is 49.4 Å². The summed E-state index contributed by atoms with van der Waals surface area (Å²) < 4.78 is 0. The Morgan fingerprint density at radius 1 is 0.957 bits per heavy atom. The molecule has 0 aromatic heterocycles. The first-order valence-corrected chi connectivity index (χ1v) is 8.06. The molecule has 0 radical (unpaired) electrons. The monoisotopic (exact) mass is 303 g/mol. The van der Waals surface area contributed by atoms with Gasteiger partial charge in [-0.3, -0.25) is 4.79 Å². The van der Waals surface area contributed by atoms with Crippen molar-refractivity contribution in [3.8, 4) is 0 Å². The predicted molar refractivity (Wildman–Crippen MR) is 95.6 cm³/mol. The maximum absolute atomic E-state index is 12.7. The molecule has 0 aliphatic carbocycles. The molecule has 0 aliphatic heterocycles. The number of nitrogens with one attached hydrogen (secondary N) is 1. The van der Waals surface area contributed by atoms with Gasteiger partial charge in [0.25, 0.3) is 5.91 Å². The van der Waals surface area contributed by atoms with E-state index in [1.165, 1.54) is 5.56 Å². The SMILES string of the molecule is CCc1ccc(C(C)NC(=O)c2cccc3ccccc23)cc1. The van der Waals surface area contributed by atoms with Crippen molar-refractivity contribution in [3.05, 3.63) is 83.4 Å². The molecule has 0 heterocycles. The molecule has 0 aliphatic rings. The van der Waals surface area contributed by atoms with E-state index in [9.17, 15) is 4.79 Å². The molecule has 3 aromatic carbocycles. The largest absolute Gasteiger partial charge is 0.345 e. The molecule has 2 nitrogen and oxygen atoms in total. The summed E-state index contributed by atoms with van der Waals surface area (Å²) in [4.78, 5) is 12.7. The average molecular weight is 303 g/mol. The minimum absolute atomic E-state index is 0.0209. The zero-order valence-corrected chi connectivity index (χ0v) is 13.5. The summed E-state index contributed by atoms with van der Waals surface area (Å²) in [5.41, 5.74) is 3.15. The zero-order valence-electron chi connectivity index (χ0n) is 13.5. The van der Waals surface area contributed by atoms with Crippen molar-refractivity contribution in [3.63, 3.8) is 0 Å². The summed E-state index contributed by atoms with van der Waals surface area (Å²) in [7, 11) is 0. The first-order valence-electron chi connectivity index (χ1n) is 8.06. The van der Waals surface area contributed by atoms with Crippen LogP contribution >= 0.6 is 0 Å². The number of hydrogen-bond donors (Lipinski definition) is 1. The third-order valence-corrected chi connectivity index (χ3v) is 4.27. The first-order chi connectivity index (χ1) is 11.2. The Balaban J connectivity index is 1.82. The van der Waals surface area contributed by atoms with Gasteiger partial charge in [-0.2, -0.15) is 0 Å². The van der Waals surface area contributed by atoms with Crippen LogP contribution in [0, 0.1) is 0 Å². The highest BCUT2D eigenvalue weighted by Crippen LogP contribution is 2.20. The fourth-order valence-electron chi connectivity index (χ4n) is 2.82. The van der Waals surface area contributed by atoms with Crippen molar-refractivity contribution in [1.82, 2.24) is 5.32 Å². The van der Waals surface area contributed by atoms with Crippen LogP contribution in [0.25, 0.3) is 10.8 Å². The summed E-state index contributed by atoms with van der Waals surface area (Å²) in [6, 6.07) is 22.2. The molecular formula is C21H21NO. The van der Waals surface area contributed by atoms with Gasteiger partial charge in [0.1, 0.15) is 0 Å². The molecule has 0 fully saturated rings. The number of hydrogen-bond acceptors (Lipinski definition) is 1. The van der Waals surface area contributed by atoms with Crippen LogP contribution in [0.1, 0.15) is 41.4 Å². The Morgan fingerprint density at radius 2 is 1.65 bits per heavy atom. The van der Waals surface area contributed by atoms with Gasteiger partial charge in [-0.25, -0.2) is 0 Å². The van der Waals surface area contributed by atoms with Crippen LogP contribution in [-0.4, -0.2) is 5.91 Å². The number of aryl methyl sites for hydroxylation is 1. The van der Waals surface area contributed by atoms with Crippen molar-refractivity contribution in [2.75, 3.05) is 0 Å². The number of carbonyl (C=O) groups excluding carboxylic acids is 1. The molecule has 3 aromatic rings. The Hall–Kier alpha value is -2.61. The minimum Gasteiger partial charge on any atom is -0.345 e. The van der Waals surface area contributed by atoms with Gasteiger partial charge in [-0.1, -0.05) is 67.6 Å². The van der Waals surface area contributed by atoms with E-state index in [1.54, 1.807) is 0 Å². The molecule has 3 rings (SSSR count). The molecule has 116 valence electrons. The Kier molecular flexibility index (Phi) is 4.42. The molecule has 23 heavy (non-hydrogen) atoms. The molecule has 1 N–H and O–H groups in total. The average Bonchev–Trinajstić information content (AvgIpc) is 2.61. The number of amides is 1. The van der Waals surface area contributed by atoms with Crippen LogP contribution in [0.4, 0.5) is 0 Å². The fraction of sp³-hybridized carbons (Fsp3) is 0.190. The lowest BCUT2D eigenvalue weighted by atomic mass is 10.0. The van der Waals surface area contributed by atoms with Crippen molar-refractivity contribution in [2.24, 2.45) is 0 Å². The number of rotatable bonds is 4. The molecular weight excluding hydrogens is 282 g/mol. The summed E-state index contributed by atoms with van der Waals surface area (Å²) in [6.45, 7) is 4.16. The molecule has 1 unspecified atom stereocenters. The molecule has 0 bridgehead atoms. The Labute approximate surface area is 137 Å². The maximum atomic E-state index is 12.7. The van der Waals surface area contributed by atoms with E-state index in [4.69, 9.17) is 0 Å². The lowest BCUT2D eigenvalue weighted by Gasteiger charge is -2.16. The lowest BCUT2D eigenvalue weighted by molar-refractivity contribution is 0.0941. The number of benzene rings is 3. The summed E-state index contributed by atoms with van der Waals surface area (Å²) in [6.07, 6.45) is 1.02. The third kappa shape index (κ3) is 3.26. The molecule has 0 saturated carbocycles. The van der Waals surface area contributed by atoms with Crippen LogP contribution in [0.2, 0.25) is 0 Å². The van der Waals surface area contributed by atoms with Gasteiger partial charge in [0.05, 0.1) is 6.04 Å². The summed E-state index contributed by atoms with van der Waals surface area (Å²) in [5, 5.41) is 5.17. The molecule has 1 atom stereocenters. The van der Waals surface area contributed by atoms with E-state index in [0.29, 0.717) is 0 Å². The van der Waals surface area contributed by atoms with Gasteiger partial charge < -0.3 is 5.32 Å². The summed E-state index contributed by atoms with van der Waals surface area (Å²) >= 11 is 0. The molecule has 0 spiro atoms. The van der Waals surface area contributed by atoms with Crippen LogP contribution in [0.3, 0.4) is 0 Å². The number of fused-ring (bicyclic) bond motifs is 1. The van der Waals surface area contributed by atoms with Gasteiger partial charge >= 0.3 is 0 Å². The smallest absolute Gasteiger partial charge is 0.252 e. The van der Waals surface area contributed by atoms with E-state index in [2.05, 4.69) is 36.5 Å². The zero-order chi connectivity index (χ0) is 16.2. The molecule has 0 saturated heterocycles. The second-order valence-electron chi connectivity index (χ2n) is 5.82. The molecule has 2 heteroatoms. The van der Waals surface area contributed by atoms with Gasteiger partial charge in [-0.15, -0.1) is 0 Å². The maximum Gasteiger partial charge on any atom is 0.252 e. The van der Waals surface area contributed by atoms with Crippen molar-refractivity contribution in [2.45, 2.75) is 26.3 Å². The minimum atomic E-state index is -0.0335. The van der Waals surface area contributed by atoms with Crippen LogP contribution < -0.4 is 5.32 Å². The topological polar surface area (TPSA) is 29.1 Å². The van der Waals surface area contributed by atoms with Gasteiger partial charge in [-0.05, 0) is 41.3 Å². The Bertz CT molecular complexity index is 815. The summed E-state index contributed by atoms with van der Waals surface area (Å²) in [5.74, 6) is -0.0335. The predicted octanol–water partition coefficient (Wildman–Crippen LogP) is 4.89. The number of carbonyl (C=O) groups is 1. The first kappa shape index (κ1) is 15.3. The highest BCUT2D eigenvalue weighted by Gasteiger charge is 2.13. The van der Waals surface area contributed by atoms with Gasteiger partial charge in [0, 0.05) is 5.56 Å². The van der Waals surface area contributed by atoms with Gasteiger partial charge in [0.15, 0.2) is 0 Å². The Morgan fingerprint density at radius 3 is 2.39 bits per heavy atom. The van der Waals surface area contributed by atoms with Crippen LogP contribution in [0.15, 0.2) is 66.7 Å². The van der Waals surface area contributed by atoms with Crippen LogP contribution in [0.5, 0.6) is 0 Å². The quantitative estimate of drug-likeness (QED) is 0.730.